The van der Waals surface area contributed by atoms with Crippen molar-refractivity contribution < 1.29 is 18.0 Å². The summed E-state index contributed by atoms with van der Waals surface area (Å²) >= 11 is 0. The van der Waals surface area contributed by atoms with E-state index < -0.39 is 21.8 Å². The van der Waals surface area contributed by atoms with Gasteiger partial charge in [-0.2, -0.15) is 4.31 Å². The number of aryl methyl sites for hydroxylation is 2. The first kappa shape index (κ1) is 24.9. The van der Waals surface area contributed by atoms with E-state index in [2.05, 4.69) is 34.3 Å². The topological polar surface area (TPSA) is 113 Å². The second-order valence-corrected chi connectivity index (χ2v) is 11.2. The molecule has 186 valence electrons. The summed E-state index contributed by atoms with van der Waals surface area (Å²) in [7, 11) is -3.63. The van der Waals surface area contributed by atoms with Gasteiger partial charge in [0, 0.05) is 30.8 Å². The van der Waals surface area contributed by atoms with Gasteiger partial charge in [-0.25, -0.2) is 13.4 Å². The van der Waals surface area contributed by atoms with Crippen molar-refractivity contribution in [2.24, 2.45) is 11.8 Å². The molecule has 0 saturated carbocycles. The van der Waals surface area contributed by atoms with Crippen LogP contribution in [0.3, 0.4) is 0 Å². The molecule has 35 heavy (non-hydrogen) atoms. The number of carbonyl (C=O) groups is 2. The number of benzene rings is 2. The Kier molecular flexibility index (Phi) is 6.95. The summed E-state index contributed by atoms with van der Waals surface area (Å²) in [4.78, 5) is 29.7. The van der Waals surface area contributed by atoms with E-state index in [1.54, 1.807) is 12.1 Å². The summed E-state index contributed by atoms with van der Waals surface area (Å²) in [5.41, 5.74) is 7.03. The first-order chi connectivity index (χ1) is 16.6. The largest absolute Gasteiger partial charge is 0.329 e. The van der Waals surface area contributed by atoms with Crippen LogP contribution in [0, 0.1) is 18.8 Å². The molecule has 1 aromatic heterocycles. The van der Waals surface area contributed by atoms with Crippen LogP contribution < -0.4 is 10.9 Å². The van der Waals surface area contributed by atoms with Crippen molar-refractivity contribution in [1.29, 1.82) is 0 Å². The molecule has 1 saturated heterocycles. The van der Waals surface area contributed by atoms with Gasteiger partial charge in [-0.05, 0) is 74.6 Å². The van der Waals surface area contributed by atoms with E-state index in [1.807, 2.05) is 19.9 Å². The van der Waals surface area contributed by atoms with Gasteiger partial charge in [0.1, 0.15) is 5.82 Å². The van der Waals surface area contributed by atoms with Gasteiger partial charge in [0.15, 0.2) is 0 Å². The highest BCUT2D eigenvalue weighted by Crippen LogP contribution is 2.26. The van der Waals surface area contributed by atoms with Gasteiger partial charge < -0.3 is 4.57 Å². The Morgan fingerprint density at radius 1 is 0.971 bits per heavy atom. The van der Waals surface area contributed by atoms with E-state index in [0.29, 0.717) is 36.0 Å². The number of rotatable bonds is 5. The third kappa shape index (κ3) is 5.08. The number of hydrogen-bond donors (Lipinski definition) is 2. The maximum atomic E-state index is 13.0. The number of aromatic nitrogens is 2. The monoisotopic (exact) mass is 497 g/mol. The SMILES string of the molecule is CCn1c(C)nc2cc(C(=O)NNC(=O)c3ccc(S(=O)(=O)N4C[C@@H](C)C[C@H](C)C4)cc3)ccc21. The van der Waals surface area contributed by atoms with Gasteiger partial charge in [0.05, 0.1) is 15.9 Å². The predicted molar refractivity (Wildman–Crippen MR) is 133 cm³/mol. The summed E-state index contributed by atoms with van der Waals surface area (Å²) in [6.07, 6.45) is 1.01. The van der Waals surface area contributed by atoms with Crippen LogP contribution >= 0.6 is 0 Å². The van der Waals surface area contributed by atoms with Gasteiger partial charge in [-0.15, -0.1) is 0 Å². The summed E-state index contributed by atoms with van der Waals surface area (Å²) in [5.74, 6) is 0.442. The number of nitrogens with one attached hydrogen (secondary N) is 2. The number of hydrazine groups is 1. The molecule has 1 aliphatic rings. The van der Waals surface area contributed by atoms with Crippen LogP contribution in [0.1, 0.15) is 53.7 Å². The Morgan fingerprint density at radius 2 is 1.54 bits per heavy atom. The van der Waals surface area contributed by atoms with E-state index in [1.165, 1.54) is 28.6 Å². The molecule has 0 spiro atoms. The minimum Gasteiger partial charge on any atom is -0.329 e. The minimum absolute atomic E-state index is 0.148. The van der Waals surface area contributed by atoms with Gasteiger partial charge in [-0.1, -0.05) is 13.8 Å². The number of nitrogens with zero attached hydrogens (tertiary/aromatic N) is 3. The van der Waals surface area contributed by atoms with Crippen molar-refractivity contribution in [1.82, 2.24) is 24.7 Å². The van der Waals surface area contributed by atoms with E-state index in [9.17, 15) is 18.0 Å². The van der Waals surface area contributed by atoms with Crippen molar-refractivity contribution in [3.8, 4) is 0 Å². The number of amides is 2. The Morgan fingerprint density at radius 3 is 2.14 bits per heavy atom. The first-order valence-electron chi connectivity index (χ1n) is 11.8. The standard InChI is InChI=1S/C25H31N5O4S/c1-5-30-18(4)26-22-13-20(8-11-23(22)30)25(32)28-27-24(31)19-6-9-21(10-7-19)35(33,34)29-14-16(2)12-17(3)15-29/h6-11,13,16-17H,5,12,14-15H2,1-4H3,(H,27,31)(H,28,32)/t16-,17-/m0/s1. The van der Waals surface area contributed by atoms with Gasteiger partial charge in [-0.3, -0.25) is 20.4 Å². The average molecular weight is 498 g/mol. The fraction of sp³-hybridized carbons (Fsp3) is 0.400. The molecule has 2 N–H and O–H groups in total. The number of sulfonamides is 1. The molecule has 0 bridgehead atoms. The maximum absolute atomic E-state index is 13.0. The molecule has 1 aliphatic heterocycles. The van der Waals surface area contributed by atoms with Crippen molar-refractivity contribution >= 4 is 32.9 Å². The van der Waals surface area contributed by atoms with Crippen LogP contribution in [-0.2, 0) is 16.6 Å². The average Bonchev–Trinajstić information content (AvgIpc) is 3.15. The normalized spacial score (nSPS) is 19.0. The highest BCUT2D eigenvalue weighted by molar-refractivity contribution is 7.89. The van der Waals surface area contributed by atoms with E-state index >= 15 is 0 Å². The van der Waals surface area contributed by atoms with Gasteiger partial charge in [0.2, 0.25) is 10.0 Å². The Balaban J connectivity index is 1.40. The number of hydrogen-bond acceptors (Lipinski definition) is 5. The molecule has 2 amide bonds. The Labute approximate surface area is 205 Å². The molecular formula is C25H31N5O4S. The third-order valence-electron chi connectivity index (χ3n) is 6.40. The zero-order valence-corrected chi connectivity index (χ0v) is 21.2. The smallest absolute Gasteiger partial charge is 0.269 e. The fourth-order valence-electron chi connectivity index (χ4n) is 4.78. The van der Waals surface area contributed by atoms with Gasteiger partial charge >= 0.3 is 0 Å². The molecule has 0 radical (unpaired) electrons. The highest BCUT2D eigenvalue weighted by atomic mass is 32.2. The van der Waals surface area contributed by atoms with Crippen molar-refractivity contribution in [3.63, 3.8) is 0 Å². The molecular weight excluding hydrogens is 466 g/mol. The third-order valence-corrected chi connectivity index (χ3v) is 8.24. The van der Waals surface area contributed by atoms with Crippen LogP contribution in [0.5, 0.6) is 0 Å². The second kappa shape index (κ2) is 9.79. The lowest BCUT2D eigenvalue weighted by atomic mass is 9.94. The number of carbonyl (C=O) groups excluding carboxylic acids is 2. The van der Waals surface area contributed by atoms with Crippen LogP contribution in [0.25, 0.3) is 11.0 Å². The van der Waals surface area contributed by atoms with Crippen molar-refractivity contribution in [3.05, 3.63) is 59.4 Å². The lowest BCUT2D eigenvalue weighted by Gasteiger charge is -2.34. The molecule has 1 fully saturated rings. The Hall–Kier alpha value is -3.24. The Bertz CT molecular complexity index is 1350. The number of fused-ring (bicyclic) bond motifs is 1. The molecule has 2 aromatic carbocycles. The highest BCUT2D eigenvalue weighted by Gasteiger charge is 2.31. The zero-order valence-electron chi connectivity index (χ0n) is 20.4. The van der Waals surface area contributed by atoms with Gasteiger partial charge in [0.25, 0.3) is 11.8 Å². The van der Waals surface area contributed by atoms with Crippen LogP contribution in [0.15, 0.2) is 47.4 Å². The molecule has 3 aromatic rings. The van der Waals surface area contributed by atoms with E-state index in [4.69, 9.17) is 0 Å². The lowest BCUT2D eigenvalue weighted by Crippen LogP contribution is -2.42. The minimum atomic E-state index is -3.63. The first-order valence-corrected chi connectivity index (χ1v) is 13.2. The molecule has 2 heterocycles. The summed E-state index contributed by atoms with van der Waals surface area (Å²) in [6.45, 7) is 9.80. The number of imidazole rings is 1. The molecule has 0 unspecified atom stereocenters. The molecule has 10 heteroatoms. The summed E-state index contributed by atoms with van der Waals surface area (Å²) < 4.78 is 29.6. The second-order valence-electron chi connectivity index (χ2n) is 9.31. The maximum Gasteiger partial charge on any atom is 0.269 e. The lowest BCUT2D eigenvalue weighted by molar-refractivity contribution is 0.0846. The van der Waals surface area contributed by atoms with Crippen LogP contribution in [0.2, 0.25) is 0 Å². The zero-order chi connectivity index (χ0) is 25.3. The molecule has 9 nitrogen and oxygen atoms in total. The van der Waals surface area contributed by atoms with Crippen LogP contribution in [0.4, 0.5) is 0 Å². The van der Waals surface area contributed by atoms with Crippen molar-refractivity contribution in [2.45, 2.75) is 45.6 Å². The van der Waals surface area contributed by atoms with Crippen LogP contribution in [-0.4, -0.2) is 47.2 Å². The molecule has 4 rings (SSSR count). The predicted octanol–water partition coefficient (Wildman–Crippen LogP) is 3.11. The molecule has 2 atom stereocenters. The van der Waals surface area contributed by atoms with Crippen molar-refractivity contribution in [2.75, 3.05) is 13.1 Å². The molecule has 0 aliphatic carbocycles. The van der Waals surface area contributed by atoms with E-state index in [0.717, 1.165) is 24.3 Å². The quantitative estimate of drug-likeness (QED) is 0.526. The van der Waals surface area contributed by atoms with E-state index in [-0.39, 0.29) is 10.5 Å². The number of piperidine rings is 1. The summed E-state index contributed by atoms with van der Waals surface area (Å²) in [5, 5.41) is 0. The summed E-state index contributed by atoms with van der Waals surface area (Å²) in [6, 6.07) is 10.9. The fourth-order valence-corrected chi connectivity index (χ4v) is 6.46.